The van der Waals surface area contributed by atoms with Crippen LogP contribution in [0.15, 0.2) is 24.3 Å². The molecule has 0 aliphatic rings. The smallest absolute Gasteiger partial charge is 0.406 e. The van der Waals surface area contributed by atoms with Gasteiger partial charge < -0.3 is 10.5 Å². The van der Waals surface area contributed by atoms with Crippen LogP contribution in [0.4, 0.5) is 13.2 Å². The summed E-state index contributed by atoms with van der Waals surface area (Å²) in [6.07, 6.45) is -4.03. The lowest BCUT2D eigenvalue weighted by molar-refractivity contribution is -0.274. The summed E-state index contributed by atoms with van der Waals surface area (Å²) < 4.78 is 40.2. The van der Waals surface area contributed by atoms with E-state index < -0.39 is 12.1 Å². The summed E-state index contributed by atoms with van der Waals surface area (Å²) in [7, 11) is 0. The third-order valence-electron chi connectivity index (χ3n) is 2.71. The van der Waals surface area contributed by atoms with Gasteiger partial charge in [-0.1, -0.05) is 32.9 Å². The van der Waals surface area contributed by atoms with Crippen LogP contribution in [0.2, 0.25) is 0 Å². The Kier molecular flexibility index (Phi) is 5.39. The molecule has 0 aliphatic heterocycles. The summed E-state index contributed by atoms with van der Waals surface area (Å²) in [4.78, 5) is 12.0. The first-order valence-corrected chi connectivity index (χ1v) is 6.61. The Hall–Kier alpha value is -1.56. The number of carbonyl (C=O) groups is 1. The Morgan fingerprint density at radius 3 is 2.43 bits per heavy atom. The van der Waals surface area contributed by atoms with Crippen LogP contribution in [0.5, 0.6) is 5.75 Å². The average molecular weight is 303 g/mol. The van der Waals surface area contributed by atoms with Gasteiger partial charge in [0.25, 0.3) is 0 Å². The number of ether oxygens (including phenoxy) is 1. The van der Waals surface area contributed by atoms with E-state index in [-0.39, 0.29) is 29.2 Å². The van der Waals surface area contributed by atoms with E-state index in [1.807, 2.05) is 20.8 Å². The van der Waals surface area contributed by atoms with Crippen molar-refractivity contribution in [1.82, 2.24) is 0 Å². The molecule has 1 unspecified atom stereocenters. The first-order chi connectivity index (χ1) is 9.46. The molecule has 1 rings (SSSR count). The number of carbonyl (C=O) groups excluding carboxylic acids is 1. The van der Waals surface area contributed by atoms with Crippen LogP contribution in [0.3, 0.4) is 0 Å². The monoisotopic (exact) mass is 303 g/mol. The van der Waals surface area contributed by atoms with E-state index in [0.717, 1.165) is 12.1 Å². The van der Waals surface area contributed by atoms with E-state index in [9.17, 15) is 18.0 Å². The number of ketones is 1. The van der Waals surface area contributed by atoms with E-state index in [0.29, 0.717) is 6.42 Å². The van der Waals surface area contributed by atoms with Crippen molar-refractivity contribution in [2.24, 2.45) is 11.1 Å². The molecule has 1 aromatic rings. The first-order valence-electron chi connectivity index (χ1n) is 6.61. The second kappa shape index (κ2) is 6.47. The average Bonchev–Trinajstić information content (AvgIpc) is 2.23. The van der Waals surface area contributed by atoms with Crippen molar-refractivity contribution in [1.29, 1.82) is 0 Å². The molecule has 0 saturated carbocycles. The third-order valence-corrected chi connectivity index (χ3v) is 2.71. The molecule has 0 spiro atoms. The van der Waals surface area contributed by atoms with Gasteiger partial charge in [-0.3, -0.25) is 4.79 Å². The van der Waals surface area contributed by atoms with E-state index in [2.05, 4.69) is 4.74 Å². The number of nitrogens with two attached hydrogens (primary N) is 1. The molecule has 1 atom stereocenters. The van der Waals surface area contributed by atoms with E-state index >= 15 is 0 Å². The highest BCUT2D eigenvalue weighted by molar-refractivity contribution is 5.96. The molecule has 21 heavy (non-hydrogen) atoms. The molecule has 2 N–H and O–H groups in total. The van der Waals surface area contributed by atoms with Gasteiger partial charge in [0.05, 0.1) is 0 Å². The summed E-state index contributed by atoms with van der Waals surface area (Å²) in [5.74, 6) is -0.697. The number of Topliss-reactive ketones (excluding diaryl/α,β-unsaturated/α-hetero) is 1. The highest BCUT2D eigenvalue weighted by atomic mass is 19.4. The number of rotatable bonds is 5. The summed E-state index contributed by atoms with van der Waals surface area (Å²) in [6, 6.07) is 4.71. The van der Waals surface area contributed by atoms with E-state index in [4.69, 9.17) is 5.73 Å². The topological polar surface area (TPSA) is 52.3 Å². The maximum Gasteiger partial charge on any atom is 0.573 e. The number of hydrogen-bond acceptors (Lipinski definition) is 3. The molecule has 6 heteroatoms. The van der Waals surface area contributed by atoms with Crippen LogP contribution in [-0.4, -0.2) is 18.2 Å². The molecule has 0 fully saturated rings. The number of hydrogen-bond donors (Lipinski definition) is 1. The molecule has 0 saturated heterocycles. The minimum atomic E-state index is -4.77. The zero-order chi connectivity index (χ0) is 16.3. The molecule has 118 valence electrons. The fourth-order valence-corrected chi connectivity index (χ4v) is 2.08. The molecular formula is C15H20F3NO2. The van der Waals surface area contributed by atoms with Crippen molar-refractivity contribution in [3.63, 3.8) is 0 Å². The van der Waals surface area contributed by atoms with Crippen molar-refractivity contribution in [2.75, 3.05) is 0 Å². The van der Waals surface area contributed by atoms with Crippen LogP contribution in [-0.2, 0) is 0 Å². The second-order valence-corrected chi connectivity index (χ2v) is 6.23. The lowest BCUT2D eigenvalue weighted by Crippen LogP contribution is -2.29. The van der Waals surface area contributed by atoms with E-state index in [1.54, 1.807) is 0 Å². The van der Waals surface area contributed by atoms with Crippen LogP contribution in [0.1, 0.15) is 44.0 Å². The van der Waals surface area contributed by atoms with Gasteiger partial charge in [0.1, 0.15) is 5.75 Å². The molecule has 0 heterocycles. The van der Waals surface area contributed by atoms with Crippen molar-refractivity contribution in [3.8, 4) is 5.75 Å². The van der Waals surface area contributed by atoms with Gasteiger partial charge in [-0.15, -0.1) is 13.2 Å². The fraction of sp³-hybridized carbons (Fsp3) is 0.533. The van der Waals surface area contributed by atoms with Gasteiger partial charge in [-0.2, -0.15) is 0 Å². The normalized spacial score (nSPS) is 13.9. The Balaban J connectivity index is 2.73. The molecule has 0 aromatic heterocycles. The first kappa shape index (κ1) is 17.5. The predicted molar refractivity (Wildman–Crippen MR) is 74.1 cm³/mol. The number of halogens is 3. The second-order valence-electron chi connectivity index (χ2n) is 6.23. The molecule has 1 aromatic carbocycles. The lowest BCUT2D eigenvalue weighted by Gasteiger charge is -2.22. The van der Waals surface area contributed by atoms with Gasteiger partial charge >= 0.3 is 6.36 Å². The summed E-state index contributed by atoms with van der Waals surface area (Å²) in [5.41, 5.74) is 6.06. The maximum absolute atomic E-state index is 12.1. The van der Waals surface area contributed by atoms with Crippen LogP contribution in [0.25, 0.3) is 0 Å². The maximum atomic E-state index is 12.1. The quantitative estimate of drug-likeness (QED) is 0.839. The zero-order valence-corrected chi connectivity index (χ0v) is 12.3. The molecule has 0 aliphatic carbocycles. The zero-order valence-electron chi connectivity index (χ0n) is 12.3. The van der Waals surface area contributed by atoms with Gasteiger partial charge in [0.2, 0.25) is 0 Å². The molecule has 3 nitrogen and oxygen atoms in total. The minimum absolute atomic E-state index is 0.0130. The van der Waals surface area contributed by atoms with Crippen LogP contribution >= 0.6 is 0 Å². The van der Waals surface area contributed by atoms with Gasteiger partial charge in [0, 0.05) is 18.0 Å². The number of alkyl halides is 3. The Bertz CT molecular complexity index is 492. The molecule has 0 radical (unpaired) electrons. The third kappa shape index (κ3) is 7.13. The highest BCUT2D eigenvalue weighted by Crippen LogP contribution is 2.25. The highest BCUT2D eigenvalue weighted by Gasteiger charge is 2.31. The largest absolute Gasteiger partial charge is 0.573 e. The lowest BCUT2D eigenvalue weighted by atomic mass is 9.86. The van der Waals surface area contributed by atoms with Gasteiger partial charge in [0.15, 0.2) is 5.78 Å². The molecule has 0 amide bonds. The summed E-state index contributed by atoms with van der Waals surface area (Å²) in [5, 5.41) is 0. The summed E-state index contributed by atoms with van der Waals surface area (Å²) in [6.45, 7) is 6.03. The SMILES string of the molecule is CC(C)(C)CC(N)CC(=O)c1cccc(OC(F)(F)F)c1. The van der Waals surface area contributed by atoms with Crippen molar-refractivity contribution in [2.45, 2.75) is 46.0 Å². The van der Waals surface area contributed by atoms with Crippen molar-refractivity contribution in [3.05, 3.63) is 29.8 Å². The predicted octanol–water partition coefficient (Wildman–Crippen LogP) is 3.92. The Morgan fingerprint density at radius 2 is 1.90 bits per heavy atom. The van der Waals surface area contributed by atoms with Crippen LogP contribution < -0.4 is 10.5 Å². The summed E-state index contributed by atoms with van der Waals surface area (Å²) >= 11 is 0. The van der Waals surface area contributed by atoms with Crippen molar-refractivity contribution >= 4 is 5.78 Å². The Morgan fingerprint density at radius 1 is 1.29 bits per heavy atom. The molecular weight excluding hydrogens is 283 g/mol. The fourth-order valence-electron chi connectivity index (χ4n) is 2.08. The molecule has 0 bridgehead atoms. The van der Waals surface area contributed by atoms with Gasteiger partial charge in [-0.05, 0) is 24.0 Å². The Labute approximate surface area is 122 Å². The van der Waals surface area contributed by atoms with E-state index in [1.165, 1.54) is 12.1 Å². The number of benzene rings is 1. The minimum Gasteiger partial charge on any atom is -0.406 e. The standard InChI is InChI=1S/C15H20F3NO2/c1-14(2,3)9-11(19)8-13(20)10-5-4-6-12(7-10)21-15(16,17)18/h4-7,11H,8-9,19H2,1-3H3. The van der Waals surface area contributed by atoms with Gasteiger partial charge in [-0.25, -0.2) is 0 Å². The van der Waals surface area contributed by atoms with Crippen molar-refractivity contribution < 1.29 is 22.7 Å². The van der Waals surface area contributed by atoms with Crippen LogP contribution in [0, 0.1) is 5.41 Å².